The second-order valence-corrected chi connectivity index (χ2v) is 5.34. The first kappa shape index (κ1) is 16.7. The van der Waals surface area contributed by atoms with Gasteiger partial charge in [-0.3, -0.25) is 0 Å². The number of benzene rings is 2. The van der Waals surface area contributed by atoms with Crippen LogP contribution in [0.2, 0.25) is 0 Å². The Morgan fingerprint density at radius 3 is 2.52 bits per heavy atom. The molecule has 0 N–H and O–H groups in total. The Labute approximate surface area is 144 Å². The lowest BCUT2D eigenvalue weighted by Crippen LogP contribution is -2.06. The van der Waals surface area contributed by atoms with Crippen molar-refractivity contribution in [2.75, 3.05) is 14.2 Å². The fourth-order valence-corrected chi connectivity index (χ4v) is 2.38. The summed E-state index contributed by atoms with van der Waals surface area (Å²) in [5, 5.41) is 0. The molecular formula is C19H16FNO4. The van der Waals surface area contributed by atoms with Crippen LogP contribution in [0.25, 0.3) is 6.08 Å². The summed E-state index contributed by atoms with van der Waals surface area (Å²) in [6, 6.07) is 11.8. The summed E-state index contributed by atoms with van der Waals surface area (Å²) in [5.41, 5.74) is 1.57. The van der Waals surface area contributed by atoms with Gasteiger partial charge in [-0.2, -0.15) is 0 Å². The van der Waals surface area contributed by atoms with Crippen LogP contribution in [0.3, 0.4) is 0 Å². The zero-order valence-corrected chi connectivity index (χ0v) is 13.8. The summed E-state index contributed by atoms with van der Waals surface area (Å²) in [6.07, 6.45) is 1.86. The summed E-state index contributed by atoms with van der Waals surface area (Å²) in [5.74, 6) is 0.122. The van der Waals surface area contributed by atoms with Crippen LogP contribution < -0.4 is 9.47 Å². The topological polar surface area (TPSA) is 57.1 Å². The summed E-state index contributed by atoms with van der Waals surface area (Å²) in [7, 11) is 2.98. The van der Waals surface area contributed by atoms with Gasteiger partial charge in [0.15, 0.2) is 17.3 Å². The molecule has 0 radical (unpaired) electrons. The standard InChI is InChI=1S/C19H16FNO4/c1-23-14-6-3-12(4-7-14)11-18-21-16(19(22)25-18)10-13-5-8-17(24-2)15(20)9-13/h3-10H,11H2,1-2H3/b16-10+. The Morgan fingerprint density at radius 1 is 1.12 bits per heavy atom. The number of cyclic esters (lactones) is 1. The number of carbonyl (C=O) groups excluding carboxylic acids is 1. The molecule has 0 saturated carbocycles. The number of hydrogen-bond donors (Lipinski definition) is 0. The van der Waals surface area contributed by atoms with Crippen molar-refractivity contribution in [2.24, 2.45) is 4.99 Å². The van der Waals surface area contributed by atoms with Crippen LogP contribution in [0.5, 0.6) is 11.5 Å². The molecule has 1 heterocycles. The molecule has 0 atom stereocenters. The van der Waals surface area contributed by atoms with E-state index in [0.29, 0.717) is 17.9 Å². The van der Waals surface area contributed by atoms with E-state index < -0.39 is 11.8 Å². The third-order valence-corrected chi connectivity index (χ3v) is 3.66. The van der Waals surface area contributed by atoms with Crippen molar-refractivity contribution in [1.82, 2.24) is 0 Å². The highest BCUT2D eigenvalue weighted by Crippen LogP contribution is 2.22. The molecule has 25 heavy (non-hydrogen) atoms. The van der Waals surface area contributed by atoms with E-state index in [-0.39, 0.29) is 11.4 Å². The Hall–Kier alpha value is -3.15. The molecule has 0 amide bonds. The SMILES string of the molecule is COc1ccc(CC2=N/C(=C/c3ccc(OC)c(F)c3)C(=O)O2)cc1. The lowest BCUT2D eigenvalue weighted by molar-refractivity contribution is -0.130. The lowest BCUT2D eigenvalue weighted by Gasteiger charge is -2.02. The van der Waals surface area contributed by atoms with Crippen LogP contribution in [-0.4, -0.2) is 26.1 Å². The Balaban J connectivity index is 1.78. The average molecular weight is 341 g/mol. The third-order valence-electron chi connectivity index (χ3n) is 3.66. The van der Waals surface area contributed by atoms with Crippen molar-refractivity contribution in [3.8, 4) is 11.5 Å². The molecule has 3 rings (SSSR count). The van der Waals surface area contributed by atoms with Crippen LogP contribution in [0.1, 0.15) is 11.1 Å². The van der Waals surface area contributed by atoms with Gasteiger partial charge >= 0.3 is 5.97 Å². The maximum atomic E-state index is 13.7. The number of nitrogens with zero attached hydrogens (tertiary/aromatic N) is 1. The van der Waals surface area contributed by atoms with Crippen LogP contribution in [-0.2, 0) is 16.0 Å². The summed E-state index contributed by atoms with van der Waals surface area (Å²) in [4.78, 5) is 16.1. The predicted molar refractivity (Wildman–Crippen MR) is 91.2 cm³/mol. The molecular weight excluding hydrogens is 325 g/mol. The highest BCUT2D eigenvalue weighted by molar-refractivity contribution is 6.07. The number of ether oxygens (including phenoxy) is 3. The van der Waals surface area contributed by atoms with Gasteiger partial charge in [-0.15, -0.1) is 0 Å². The van der Waals surface area contributed by atoms with Gasteiger partial charge < -0.3 is 14.2 Å². The first-order chi connectivity index (χ1) is 12.1. The van der Waals surface area contributed by atoms with Crippen LogP contribution in [0.4, 0.5) is 4.39 Å². The normalized spacial score (nSPS) is 15.1. The zero-order valence-electron chi connectivity index (χ0n) is 13.8. The van der Waals surface area contributed by atoms with Crippen molar-refractivity contribution in [3.05, 3.63) is 65.1 Å². The minimum Gasteiger partial charge on any atom is -0.497 e. The molecule has 0 bridgehead atoms. The van der Waals surface area contributed by atoms with E-state index in [9.17, 15) is 9.18 Å². The van der Waals surface area contributed by atoms with Crippen molar-refractivity contribution < 1.29 is 23.4 Å². The number of carbonyl (C=O) groups is 1. The lowest BCUT2D eigenvalue weighted by atomic mass is 10.1. The predicted octanol–water partition coefficient (Wildman–Crippen LogP) is 3.38. The largest absolute Gasteiger partial charge is 0.497 e. The van der Waals surface area contributed by atoms with Crippen molar-refractivity contribution in [2.45, 2.75) is 6.42 Å². The fourth-order valence-electron chi connectivity index (χ4n) is 2.38. The van der Waals surface area contributed by atoms with Gasteiger partial charge in [0.1, 0.15) is 5.75 Å². The van der Waals surface area contributed by atoms with Crippen molar-refractivity contribution in [1.29, 1.82) is 0 Å². The maximum absolute atomic E-state index is 13.7. The van der Waals surface area contributed by atoms with Crippen LogP contribution in [0, 0.1) is 5.82 Å². The molecule has 1 aliphatic heterocycles. The highest BCUT2D eigenvalue weighted by atomic mass is 19.1. The molecule has 128 valence electrons. The third kappa shape index (κ3) is 3.85. The second-order valence-electron chi connectivity index (χ2n) is 5.34. The molecule has 0 fully saturated rings. The molecule has 1 aliphatic rings. The van der Waals surface area contributed by atoms with Crippen LogP contribution in [0.15, 0.2) is 53.2 Å². The molecule has 0 spiro atoms. The van der Waals surface area contributed by atoms with Gasteiger partial charge in [0.2, 0.25) is 5.90 Å². The van der Waals surface area contributed by atoms with E-state index in [2.05, 4.69) is 4.99 Å². The Kier molecular flexibility index (Phi) is 4.79. The minimum absolute atomic E-state index is 0.132. The zero-order chi connectivity index (χ0) is 17.8. The number of esters is 1. The first-order valence-electron chi connectivity index (χ1n) is 7.57. The molecule has 2 aromatic rings. The van der Waals surface area contributed by atoms with E-state index in [0.717, 1.165) is 11.3 Å². The smallest absolute Gasteiger partial charge is 0.363 e. The van der Waals surface area contributed by atoms with Gasteiger partial charge in [-0.25, -0.2) is 14.2 Å². The van der Waals surface area contributed by atoms with Crippen molar-refractivity contribution in [3.63, 3.8) is 0 Å². The average Bonchev–Trinajstić information content (AvgIpc) is 2.95. The molecule has 0 aromatic heterocycles. The first-order valence-corrected chi connectivity index (χ1v) is 7.57. The maximum Gasteiger partial charge on any atom is 0.363 e. The van der Waals surface area contributed by atoms with Gasteiger partial charge in [0, 0.05) is 6.42 Å². The molecule has 5 nitrogen and oxygen atoms in total. The number of halogens is 1. The van der Waals surface area contributed by atoms with Gasteiger partial charge in [0.05, 0.1) is 14.2 Å². The minimum atomic E-state index is -0.556. The van der Waals surface area contributed by atoms with E-state index in [1.165, 1.54) is 25.3 Å². The van der Waals surface area contributed by atoms with E-state index in [4.69, 9.17) is 14.2 Å². The van der Waals surface area contributed by atoms with Crippen LogP contribution >= 0.6 is 0 Å². The fraction of sp³-hybridized carbons (Fsp3) is 0.158. The number of aliphatic imine (C=N–C) groups is 1. The van der Waals surface area contributed by atoms with Gasteiger partial charge in [0.25, 0.3) is 0 Å². The monoisotopic (exact) mass is 341 g/mol. The Morgan fingerprint density at radius 2 is 1.88 bits per heavy atom. The molecule has 2 aromatic carbocycles. The van der Waals surface area contributed by atoms with Crippen molar-refractivity contribution >= 4 is 17.9 Å². The highest BCUT2D eigenvalue weighted by Gasteiger charge is 2.23. The van der Waals surface area contributed by atoms with Gasteiger partial charge in [-0.1, -0.05) is 18.2 Å². The Bertz CT molecular complexity index is 856. The molecule has 0 saturated heterocycles. The van der Waals surface area contributed by atoms with E-state index >= 15 is 0 Å². The summed E-state index contributed by atoms with van der Waals surface area (Å²) >= 11 is 0. The molecule has 0 aliphatic carbocycles. The summed E-state index contributed by atoms with van der Waals surface area (Å²) < 4.78 is 28.9. The van der Waals surface area contributed by atoms with E-state index in [1.807, 2.05) is 24.3 Å². The summed E-state index contributed by atoms with van der Waals surface area (Å²) in [6.45, 7) is 0. The molecule has 6 heteroatoms. The molecule has 0 unspecified atom stereocenters. The quantitative estimate of drug-likeness (QED) is 0.618. The number of rotatable bonds is 5. The van der Waals surface area contributed by atoms with Gasteiger partial charge in [-0.05, 0) is 41.5 Å². The second kappa shape index (κ2) is 7.17. The number of methoxy groups -OCH3 is 2. The number of hydrogen-bond acceptors (Lipinski definition) is 5. The van der Waals surface area contributed by atoms with E-state index in [1.54, 1.807) is 13.2 Å².